The lowest BCUT2D eigenvalue weighted by atomic mass is 10.1. The van der Waals surface area contributed by atoms with Crippen LogP contribution in [0.15, 0.2) is 53.6 Å². The summed E-state index contributed by atoms with van der Waals surface area (Å²) < 4.78 is 33.8. The molecule has 1 aliphatic heterocycles. The number of aromatic nitrogens is 1. The van der Waals surface area contributed by atoms with Crippen LogP contribution in [0.3, 0.4) is 0 Å². The van der Waals surface area contributed by atoms with Gasteiger partial charge >= 0.3 is 0 Å². The Balaban J connectivity index is 1.19. The molecule has 2 N–H and O–H groups in total. The van der Waals surface area contributed by atoms with Gasteiger partial charge in [0.05, 0.1) is 11.5 Å². The van der Waals surface area contributed by atoms with Crippen LogP contribution in [0.4, 0.5) is 0 Å². The minimum atomic E-state index is -3.55. The quantitative estimate of drug-likeness (QED) is 0.345. The summed E-state index contributed by atoms with van der Waals surface area (Å²) in [6, 6.07) is 12.4. The van der Waals surface area contributed by atoms with Gasteiger partial charge in [0.1, 0.15) is 5.75 Å². The van der Waals surface area contributed by atoms with E-state index >= 15 is 0 Å². The van der Waals surface area contributed by atoms with Crippen LogP contribution in [0.2, 0.25) is 5.02 Å². The van der Waals surface area contributed by atoms with Gasteiger partial charge in [-0.1, -0.05) is 24.4 Å². The summed E-state index contributed by atoms with van der Waals surface area (Å²) >= 11 is 6.10. The molecule has 1 aromatic heterocycles. The molecule has 34 heavy (non-hydrogen) atoms. The Morgan fingerprint density at radius 3 is 2.53 bits per heavy atom. The Morgan fingerprint density at radius 1 is 1.00 bits per heavy atom. The Kier molecular flexibility index (Phi) is 8.89. The number of halogens is 1. The van der Waals surface area contributed by atoms with E-state index in [1.807, 2.05) is 24.4 Å². The number of hydrogen-bond acceptors (Lipinski definition) is 4. The van der Waals surface area contributed by atoms with Crippen molar-refractivity contribution in [2.45, 2.75) is 49.8 Å². The molecule has 0 saturated carbocycles. The number of fused-ring (bicyclic) bond motifs is 1. The Labute approximate surface area is 207 Å². The van der Waals surface area contributed by atoms with Crippen LogP contribution < -0.4 is 9.46 Å². The number of rotatable bonds is 11. The smallest absolute Gasteiger partial charge is 0.240 e. The molecule has 8 heteroatoms. The van der Waals surface area contributed by atoms with Crippen molar-refractivity contribution in [1.82, 2.24) is 14.6 Å². The fourth-order valence-corrected chi connectivity index (χ4v) is 5.73. The van der Waals surface area contributed by atoms with Crippen LogP contribution in [-0.4, -0.2) is 51.1 Å². The monoisotopic (exact) mass is 503 g/mol. The number of nitrogens with one attached hydrogen (secondary N) is 2. The van der Waals surface area contributed by atoms with Gasteiger partial charge in [0, 0.05) is 35.2 Å². The number of sulfonamides is 1. The van der Waals surface area contributed by atoms with Crippen molar-refractivity contribution in [3.63, 3.8) is 0 Å². The first kappa shape index (κ1) is 25.0. The molecule has 184 valence electrons. The molecule has 1 fully saturated rings. The van der Waals surface area contributed by atoms with E-state index < -0.39 is 10.0 Å². The van der Waals surface area contributed by atoms with Crippen LogP contribution in [0.25, 0.3) is 10.9 Å². The predicted molar refractivity (Wildman–Crippen MR) is 138 cm³/mol. The topological polar surface area (TPSA) is 74.4 Å². The SMILES string of the molecule is O=S(=O)(NCCCc1c[nH]c2ccc(Cl)cc12)c1ccc(OCCCN2CCCCCC2)cc1. The molecule has 0 aliphatic carbocycles. The van der Waals surface area contributed by atoms with Gasteiger partial charge in [0.25, 0.3) is 0 Å². The van der Waals surface area contributed by atoms with E-state index in [1.165, 1.54) is 38.8 Å². The number of hydrogen-bond donors (Lipinski definition) is 2. The summed E-state index contributed by atoms with van der Waals surface area (Å²) in [6.07, 6.45) is 9.66. The zero-order chi connectivity index (χ0) is 23.8. The average molecular weight is 504 g/mol. The molecule has 0 unspecified atom stereocenters. The Morgan fingerprint density at radius 2 is 1.76 bits per heavy atom. The molecule has 0 atom stereocenters. The summed E-state index contributed by atoms with van der Waals surface area (Å²) in [5.41, 5.74) is 2.17. The molecule has 2 heterocycles. The average Bonchev–Trinajstić information content (AvgIpc) is 3.04. The summed E-state index contributed by atoms with van der Waals surface area (Å²) in [6.45, 7) is 4.44. The van der Waals surface area contributed by atoms with Crippen molar-refractivity contribution in [3.05, 3.63) is 59.2 Å². The maximum Gasteiger partial charge on any atom is 0.240 e. The predicted octanol–water partition coefficient (Wildman–Crippen LogP) is 5.38. The maximum atomic E-state index is 12.6. The number of H-pyrrole nitrogens is 1. The van der Waals surface area contributed by atoms with Gasteiger partial charge in [-0.3, -0.25) is 0 Å². The lowest BCUT2D eigenvalue weighted by Gasteiger charge is -2.19. The molecule has 1 saturated heterocycles. The summed E-state index contributed by atoms with van der Waals surface area (Å²) in [7, 11) is -3.55. The first-order valence-corrected chi connectivity index (χ1v) is 14.1. The molecule has 4 rings (SSSR count). The van der Waals surface area contributed by atoms with E-state index in [0.29, 0.717) is 30.3 Å². The molecule has 0 bridgehead atoms. The minimum absolute atomic E-state index is 0.253. The van der Waals surface area contributed by atoms with Crippen molar-refractivity contribution in [3.8, 4) is 5.75 Å². The highest BCUT2D eigenvalue weighted by molar-refractivity contribution is 7.89. The van der Waals surface area contributed by atoms with E-state index in [2.05, 4.69) is 14.6 Å². The van der Waals surface area contributed by atoms with Crippen molar-refractivity contribution in [2.24, 2.45) is 0 Å². The summed E-state index contributed by atoms with van der Waals surface area (Å²) in [4.78, 5) is 6.00. The summed E-state index contributed by atoms with van der Waals surface area (Å²) in [5.74, 6) is 0.702. The van der Waals surface area contributed by atoms with Crippen LogP contribution in [0.1, 0.15) is 44.1 Å². The third-order valence-electron chi connectivity index (χ3n) is 6.36. The Hall–Kier alpha value is -2.06. The van der Waals surface area contributed by atoms with Gasteiger partial charge in [-0.2, -0.15) is 0 Å². The van der Waals surface area contributed by atoms with Gasteiger partial charge in [0.15, 0.2) is 0 Å². The fraction of sp³-hybridized carbons (Fsp3) is 0.462. The second kappa shape index (κ2) is 12.1. The molecule has 0 radical (unpaired) electrons. The number of aryl methyl sites for hydroxylation is 1. The van der Waals surface area contributed by atoms with E-state index in [9.17, 15) is 8.42 Å². The van der Waals surface area contributed by atoms with E-state index in [0.717, 1.165) is 35.9 Å². The highest BCUT2D eigenvalue weighted by Crippen LogP contribution is 2.23. The van der Waals surface area contributed by atoms with Gasteiger partial charge < -0.3 is 14.6 Å². The number of benzene rings is 2. The minimum Gasteiger partial charge on any atom is -0.494 e. The molecule has 3 aromatic rings. The number of likely N-dealkylation sites (tertiary alicyclic amines) is 1. The highest BCUT2D eigenvalue weighted by Gasteiger charge is 2.14. The largest absolute Gasteiger partial charge is 0.494 e. The zero-order valence-corrected chi connectivity index (χ0v) is 21.1. The van der Waals surface area contributed by atoms with Crippen molar-refractivity contribution < 1.29 is 13.2 Å². The van der Waals surface area contributed by atoms with Crippen molar-refractivity contribution in [2.75, 3.05) is 32.8 Å². The molecular formula is C26H34ClN3O3S. The Bertz CT molecular complexity index is 1150. The van der Waals surface area contributed by atoms with Gasteiger partial charge in [-0.05, 0) is 93.2 Å². The normalized spacial score (nSPS) is 15.4. The zero-order valence-electron chi connectivity index (χ0n) is 19.6. The number of nitrogens with zero attached hydrogens (tertiary/aromatic N) is 1. The third kappa shape index (κ3) is 6.98. The first-order valence-electron chi connectivity index (χ1n) is 12.2. The lowest BCUT2D eigenvalue weighted by molar-refractivity contribution is 0.240. The second-order valence-corrected chi connectivity index (χ2v) is 11.1. The van der Waals surface area contributed by atoms with E-state index in [-0.39, 0.29) is 4.90 Å². The van der Waals surface area contributed by atoms with Gasteiger partial charge in [-0.15, -0.1) is 0 Å². The molecule has 0 amide bonds. The van der Waals surface area contributed by atoms with E-state index in [1.54, 1.807) is 24.3 Å². The molecule has 2 aromatic carbocycles. The van der Waals surface area contributed by atoms with Crippen LogP contribution in [0.5, 0.6) is 5.75 Å². The number of ether oxygens (including phenoxy) is 1. The van der Waals surface area contributed by atoms with Crippen LogP contribution in [0, 0.1) is 0 Å². The standard InChI is InChI=1S/C26H34ClN3O3S/c27-22-8-13-26-25(19-22)21(20-28-26)7-5-14-29-34(31,32)24-11-9-23(10-12-24)33-18-6-17-30-15-3-1-2-4-16-30/h8-13,19-20,28-29H,1-7,14-18H2. The van der Waals surface area contributed by atoms with Gasteiger partial charge in [0.2, 0.25) is 10.0 Å². The molecule has 1 aliphatic rings. The molecule has 6 nitrogen and oxygen atoms in total. The third-order valence-corrected chi connectivity index (χ3v) is 8.08. The second-order valence-electron chi connectivity index (χ2n) is 8.93. The van der Waals surface area contributed by atoms with Gasteiger partial charge in [-0.25, -0.2) is 13.1 Å². The van der Waals surface area contributed by atoms with E-state index in [4.69, 9.17) is 16.3 Å². The lowest BCUT2D eigenvalue weighted by Crippen LogP contribution is -2.26. The first-order chi connectivity index (χ1) is 16.5. The fourth-order valence-electron chi connectivity index (χ4n) is 4.48. The van der Waals surface area contributed by atoms with Crippen molar-refractivity contribution >= 4 is 32.5 Å². The maximum absolute atomic E-state index is 12.6. The number of aromatic amines is 1. The van der Waals surface area contributed by atoms with Crippen LogP contribution in [-0.2, 0) is 16.4 Å². The molecule has 0 spiro atoms. The van der Waals surface area contributed by atoms with Crippen LogP contribution >= 0.6 is 11.6 Å². The molecular weight excluding hydrogens is 470 g/mol. The highest BCUT2D eigenvalue weighted by atomic mass is 35.5. The summed E-state index contributed by atoms with van der Waals surface area (Å²) in [5, 5.41) is 1.77. The van der Waals surface area contributed by atoms with Crippen molar-refractivity contribution in [1.29, 1.82) is 0 Å².